The topological polar surface area (TPSA) is 79.7 Å². The zero-order valence-electron chi connectivity index (χ0n) is 20.3. The van der Waals surface area contributed by atoms with Gasteiger partial charge in [0, 0.05) is 17.6 Å². The molecule has 7 heteroatoms. The Balaban J connectivity index is 1.93. The number of aryl methyl sites for hydroxylation is 2. The molecule has 0 saturated heterocycles. The summed E-state index contributed by atoms with van der Waals surface area (Å²) in [6.45, 7) is 13.8. The van der Waals surface area contributed by atoms with Gasteiger partial charge in [0.05, 0.1) is 5.54 Å². The summed E-state index contributed by atoms with van der Waals surface area (Å²) < 4.78 is 1.83. The minimum absolute atomic E-state index is 0.120. The summed E-state index contributed by atoms with van der Waals surface area (Å²) in [4.78, 5) is 18.8. The molecular formula is C26H32N6O. The van der Waals surface area contributed by atoms with Crippen LogP contribution in [0.5, 0.6) is 0 Å². The molecule has 0 aliphatic heterocycles. The molecule has 172 valence electrons. The van der Waals surface area contributed by atoms with Crippen LogP contribution in [0.25, 0.3) is 10.9 Å². The molecule has 0 saturated carbocycles. The van der Waals surface area contributed by atoms with E-state index in [2.05, 4.69) is 85.2 Å². The van der Waals surface area contributed by atoms with E-state index in [-0.39, 0.29) is 11.1 Å². The van der Waals surface area contributed by atoms with Crippen molar-refractivity contribution in [1.29, 1.82) is 0 Å². The average Bonchev–Trinajstić information content (AvgIpc) is 3.26. The predicted molar refractivity (Wildman–Crippen MR) is 131 cm³/mol. The first kappa shape index (κ1) is 22.9. The number of rotatable bonds is 6. The molecule has 33 heavy (non-hydrogen) atoms. The standard InChI is InChI=1S/C26H32N6O/c1-7-31(16-19-11-9-8-10-12-19)23(24-28-29-30-32(24)26(4,5)6)21-15-20-13-17(2)18(3)14-22(20)27-25(21)33/h8-15,23H,7,16H2,1-6H3,(H,27,33)/t23-/m1/s1. The molecule has 1 atom stereocenters. The Labute approximate surface area is 194 Å². The maximum Gasteiger partial charge on any atom is 0.253 e. The number of aromatic amines is 1. The fourth-order valence-corrected chi connectivity index (χ4v) is 4.24. The van der Waals surface area contributed by atoms with Crippen molar-refractivity contribution in [2.45, 2.75) is 59.7 Å². The number of fused-ring (bicyclic) bond motifs is 1. The van der Waals surface area contributed by atoms with Gasteiger partial charge >= 0.3 is 0 Å². The highest BCUT2D eigenvalue weighted by Crippen LogP contribution is 2.30. The molecule has 0 aliphatic rings. The normalized spacial score (nSPS) is 13.1. The van der Waals surface area contributed by atoms with Crippen LogP contribution in [0.2, 0.25) is 0 Å². The summed E-state index contributed by atoms with van der Waals surface area (Å²) in [7, 11) is 0. The minimum Gasteiger partial charge on any atom is -0.322 e. The highest BCUT2D eigenvalue weighted by atomic mass is 16.1. The van der Waals surface area contributed by atoms with E-state index in [1.54, 1.807) is 0 Å². The second-order valence-corrected chi connectivity index (χ2v) is 9.65. The van der Waals surface area contributed by atoms with Gasteiger partial charge in [0.1, 0.15) is 6.04 Å². The molecule has 2 aromatic heterocycles. The Hall–Kier alpha value is -3.32. The maximum absolute atomic E-state index is 13.4. The lowest BCUT2D eigenvalue weighted by molar-refractivity contribution is 0.202. The Morgan fingerprint density at radius 2 is 1.76 bits per heavy atom. The lowest BCUT2D eigenvalue weighted by Crippen LogP contribution is -2.37. The molecule has 4 rings (SSSR count). The lowest BCUT2D eigenvalue weighted by Gasteiger charge is -2.32. The van der Waals surface area contributed by atoms with E-state index in [0.717, 1.165) is 23.0 Å². The molecular weight excluding hydrogens is 412 g/mol. The van der Waals surface area contributed by atoms with Gasteiger partial charge in [-0.2, -0.15) is 0 Å². The van der Waals surface area contributed by atoms with E-state index >= 15 is 0 Å². The van der Waals surface area contributed by atoms with Crippen LogP contribution in [0.3, 0.4) is 0 Å². The highest BCUT2D eigenvalue weighted by Gasteiger charge is 2.32. The van der Waals surface area contributed by atoms with Gasteiger partial charge in [-0.15, -0.1) is 5.10 Å². The Kier molecular flexibility index (Phi) is 6.17. The van der Waals surface area contributed by atoms with E-state index in [9.17, 15) is 4.79 Å². The zero-order chi connectivity index (χ0) is 23.8. The largest absolute Gasteiger partial charge is 0.322 e. The summed E-state index contributed by atoms with van der Waals surface area (Å²) in [5, 5.41) is 13.7. The molecule has 0 fully saturated rings. The number of pyridine rings is 1. The Morgan fingerprint density at radius 3 is 2.42 bits per heavy atom. The molecule has 0 bridgehead atoms. The molecule has 0 aliphatic carbocycles. The number of nitrogens with zero attached hydrogens (tertiary/aromatic N) is 5. The molecule has 7 nitrogen and oxygen atoms in total. The minimum atomic E-state index is -0.404. The van der Waals surface area contributed by atoms with Gasteiger partial charge in [-0.3, -0.25) is 9.69 Å². The summed E-state index contributed by atoms with van der Waals surface area (Å²) >= 11 is 0. The number of nitrogens with one attached hydrogen (secondary N) is 1. The van der Waals surface area contributed by atoms with Crippen molar-refractivity contribution in [3.05, 3.63) is 87.0 Å². The van der Waals surface area contributed by atoms with E-state index in [1.807, 2.05) is 35.0 Å². The number of aromatic nitrogens is 5. The smallest absolute Gasteiger partial charge is 0.253 e. The van der Waals surface area contributed by atoms with Gasteiger partial charge in [0.15, 0.2) is 5.82 Å². The van der Waals surface area contributed by atoms with Crippen LogP contribution in [0, 0.1) is 13.8 Å². The fourth-order valence-electron chi connectivity index (χ4n) is 4.24. The molecule has 0 spiro atoms. The van der Waals surface area contributed by atoms with Crippen LogP contribution in [-0.4, -0.2) is 36.6 Å². The zero-order valence-corrected chi connectivity index (χ0v) is 20.3. The third-order valence-corrected chi connectivity index (χ3v) is 6.16. The van der Waals surface area contributed by atoms with Crippen molar-refractivity contribution in [2.24, 2.45) is 0 Å². The second kappa shape index (κ2) is 8.90. The summed E-state index contributed by atoms with van der Waals surface area (Å²) in [6, 6.07) is 16.0. The third-order valence-electron chi connectivity index (χ3n) is 6.16. The van der Waals surface area contributed by atoms with Crippen molar-refractivity contribution in [1.82, 2.24) is 30.1 Å². The van der Waals surface area contributed by atoms with E-state index in [4.69, 9.17) is 0 Å². The number of hydrogen-bond donors (Lipinski definition) is 1. The van der Waals surface area contributed by atoms with E-state index in [1.165, 1.54) is 11.1 Å². The van der Waals surface area contributed by atoms with Crippen molar-refractivity contribution in [3.8, 4) is 0 Å². The molecule has 2 aromatic carbocycles. The molecule has 4 aromatic rings. The Morgan fingerprint density at radius 1 is 1.06 bits per heavy atom. The lowest BCUT2D eigenvalue weighted by atomic mass is 9.99. The first-order chi connectivity index (χ1) is 15.7. The van der Waals surface area contributed by atoms with Crippen LogP contribution < -0.4 is 5.56 Å². The second-order valence-electron chi connectivity index (χ2n) is 9.65. The third kappa shape index (κ3) is 4.59. The number of benzene rings is 2. The van der Waals surface area contributed by atoms with Gasteiger partial charge in [0.25, 0.3) is 5.56 Å². The van der Waals surface area contributed by atoms with Gasteiger partial charge in [-0.25, -0.2) is 4.68 Å². The molecule has 2 heterocycles. The van der Waals surface area contributed by atoms with E-state index in [0.29, 0.717) is 17.9 Å². The SMILES string of the molecule is CCN(Cc1ccccc1)[C@H](c1cc2cc(C)c(C)cc2[nH]c1=O)c1nnnn1C(C)(C)C. The van der Waals surface area contributed by atoms with Crippen LogP contribution in [0.4, 0.5) is 0 Å². The molecule has 0 radical (unpaired) electrons. The first-order valence-corrected chi connectivity index (χ1v) is 11.4. The Bertz CT molecular complexity index is 1320. The maximum atomic E-state index is 13.4. The summed E-state index contributed by atoms with van der Waals surface area (Å²) in [6.07, 6.45) is 0. The van der Waals surface area contributed by atoms with Crippen molar-refractivity contribution in [2.75, 3.05) is 6.54 Å². The van der Waals surface area contributed by atoms with Crippen molar-refractivity contribution < 1.29 is 0 Å². The fraction of sp³-hybridized carbons (Fsp3) is 0.385. The quantitative estimate of drug-likeness (QED) is 0.474. The van der Waals surface area contributed by atoms with Crippen LogP contribution in [-0.2, 0) is 12.1 Å². The van der Waals surface area contributed by atoms with Gasteiger partial charge in [-0.1, -0.05) is 37.3 Å². The van der Waals surface area contributed by atoms with Gasteiger partial charge in [-0.05, 0) is 91.9 Å². The monoisotopic (exact) mass is 444 g/mol. The summed E-state index contributed by atoms with van der Waals surface area (Å²) in [5.74, 6) is 0.661. The van der Waals surface area contributed by atoms with Gasteiger partial charge in [0.2, 0.25) is 0 Å². The van der Waals surface area contributed by atoms with Crippen LogP contribution in [0.15, 0.2) is 53.3 Å². The summed E-state index contributed by atoms with van der Waals surface area (Å²) in [5.41, 5.74) is 4.54. The number of H-pyrrole nitrogens is 1. The molecule has 0 amide bonds. The predicted octanol–water partition coefficient (Wildman–Crippen LogP) is 4.50. The van der Waals surface area contributed by atoms with Crippen LogP contribution >= 0.6 is 0 Å². The van der Waals surface area contributed by atoms with Crippen LogP contribution in [0.1, 0.15) is 61.8 Å². The van der Waals surface area contributed by atoms with Gasteiger partial charge < -0.3 is 4.98 Å². The number of tetrazole rings is 1. The highest BCUT2D eigenvalue weighted by molar-refractivity contribution is 5.81. The van der Waals surface area contributed by atoms with Crippen molar-refractivity contribution >= 4 is 10.9 Å². The number of hydrogen-bond acceptors (Lipinski definition) is 5. The van der Waals surface area contributed by atoms with E-state index < -0.39 is 6.04 Å². The molecule has 1 N–H and O–H groups in total. The molecule has 0 unspecified atom stereocenters. The van der Waals surface area contributed by atoms with Crippen molar-refractivity contribution in [3.63, 3.8) is 0 Å². The first-order valence-electron chi connectivity index (χ1n) is 11.4. The average molecular weight is 445 g/mol.